The molecule has 144 valence electrons. The Kier molecular flexibility index (Phi) is 5.49. The quantitative estimate of drug-likeness (QED) is 0.682. The van der Waals surface area contributed by atoms with Crippen molar-refractivity contribution in [2.45, 2.75) is 12.5 Å². The fourth-order valence-electron chi connectivity index (χ4n) is 2.89. The van der Waals surface area contributed by atoms with Crippen LogP contribution in [0.4, 0.5) is 4.39 Å². The molecule has 1 aromatic heterocycles. The van der Waals surface area contributed by atoms with Crippen LogP contribution in [0.3, 0.4) is 0 Å². The first-order chi connectivity index (χ1) is 13.4. The molecule has 0 aliphatic heterocycles. The smallest absolute Gasteiger partial charge is 0.307 e. The van der Waals surface area contributed by atoms with Gasteiger partial charge in [0.15, 0.2) is 5.69 Å². The summed E-state index contributed by atoms with van der Waals surface area (Å²) in [5, 5.41) is 7.57. The Morgan fingerprint density at radius 1 is 1.14 bits per heavy atom. The monoisotopic (exact) mass is 383 g/mol. The zero-order valence-corrected chi connectivity index (χ0v) is 15.3. The Hall–Kier alpha value is -3.55. The number of aromatic nitrogens is 2. The van der Waals surface area contributed by atoms with Crippen molar-refractivity contribution in [1.82, 2.24) is 15.1 Å². The van der Waals surface area contributed by atoms with Crippen molar-refractivity contribution in [3.8, 4) is 0 Å². The van der Waals surface area contributed by atoms with E-state index in [0.717, 1.165) is 4.68 Å². The maximum atomic E-state index is 13.2. The van der Waals surface area contributed by atoms with Crippen molar-refractivity contribution in [1.29, 1.82) is 0 Å². The Balaban J connectivity index is 1.99. The zero-order valence-electron chi connectivity index (χ0n) is 15.3. The fraction of sp³-hybridized carbons (Fsp3) is 0.200. The molecule has 0 saturated carbocycles. The Morgan fingerprint density at radius 2 is 1.79 bits per heavy atom. The third-order valence-corrected chi connectivity index (χ3v) is 4.35. The number of hydrogen-bond donors (Lipinski definition) is 1. The van der Waals surface area contributed by atoms with E-state index in [1.165, 1.54) is 38.4 Å². The third-order valence-electron chi connectivity index (χ3n) is 4.35. The number of carbonyl (C=O) groups is 2. The summed E-state index contributed by atoms with van der Waals surface area (Å²) in [6.45, 7) is 0. The molecule has 3 rings (SSSR count). The highest BCUT2D eigenvalue weighted by atomic mass is 19.1. The van der Waals surface area contributed by atoms with Crippen LogP contribution < -0.4 is 10.9 Å². The molecule has 1 atom stereocenters. The minimum atomic E-state index is -0.752. The van der Waals surface area contributed by atoms with Gasteiger partial charge < -0.3 is 10.1 Å². The molecule has 0 bridgehead atoms. The van der Waals surface area contributed by atoms with Crippen LogP contribution in [0.5, 0.6) is 0 Å². The van der Waals surface area contributed by atoms with Gasteiger partial charge in [0.1, 0.15) is 5.82 Å². The molecule has 1 amide bonds. The second-order valence-electron chi connectivity index (χ2n) is 6.18. The first-order valence-corrected chi connectivity index (χ1v) is 8.50. The van der Waals surface area contributed by atoms with Crippen molar-refractivity contribution >= 4 is 22.6 Å². The van der Waals surface area contributed by atoms with Crippen LogP contribution in [0.1, 0.15) is 28.5 Å². The number of carbonyl (C=O) groups excluding carboxylic acids is 2. The summed E-state index contributed by atoms with van der Waals surface area (Å²) in [6, 6.07) is 11.3. The van der Waals surface area contributed by atoms with Gasteiger partial charge in [0.2, 0.25) is 0 Å². The number of rotatable bonds is 5. The number of ether oxygens (including phenoxy) is 1. The van der Waals surface area contributed by atoms with Crippen LogP contribution in [-0.2, 0) is 16.6 Å². The van der Waals surface area contributed by atoms with Gasteiger partial charge in [-0.2, -0.15) is 5.10 Å². The number of halogens is 1. The van der Waals surface area contributed by atoms with Gasteiger partial charge in [-0.1, -0.05) is 30.3 Å². The molecule has 0 fully saturated rings. The molecule has 1 N–H and O–H groups in total. The van der Waals surface area contributed by atoms with E-state index in [-0.39, 0.29) is 17.7 Å². The van der Waals surface area contributed by atoms with Crippen LogP contribution >= 0.6 is 0 Å². The summed E-state index contributed by atoms with van der Waals surface area (Å²) in [4.78, 5) is 36.9. The van der Waals surface area contributed by atoms with Crippen molar-refractivity contribution in [2.75, 3.05) is 7.11 Å². The number of hydrogen-bond acceptors (Lipinski definition) is 5. The highest BCUT2D eigenvalue weighted by molar-refractivity contribution is 6.05. The van der Waals surface area contributed by atoms with Gasteiger partial charge in [0.05, 0.1) is 25.0 Å². The lowest BCUT2D eigenvalue weighted by Gasteiger charge is -2.18. The molecule has 0 aliphatic carbocycles. The average Bonchev–Trinajstić information content (AvgIpc) is 2.70. The minimum Gasteiger partial charge on any atom is -0.469 e. The summed E-state index contributed by atoms with van der Waals surface area (Å²) in [6.07, 6.45) is -0.141. The van der Waals surface area contributed by atoms with Gasteiger partial charge in [-0.05, 0) is 23.8 Å². The van der Waals surface area contributed by atoms with Crippen LogP contribution in [0, 0.1) is 5.82 Å². The molecule has 0 aliphatic rings. The number of esters is 1. The van der Waals surface area contributed by atoms with Gasteiger partial charge in [0, 0.05) is 12.4 Å². The van der Waals surface area contributed by atoms with E-state index in [1.807, 2.05) is 0 Å². The molecule has 2 aromatic carbocycles. The minimum absolute atomic E-state index is 0.0506. The lowest BCUT2D eigenvalue weighted by atomic mass is 10.0. The van der Waals surface area contributed by atoms with Gasteiger partial charge in [-0.15, -0.1) is 0 Å². The molecular formula is C20H18FN3O4. The lowest BCUT2D eigenvalue weighted by molar-refractivity contribution is -0.141. The molecule has 1 heterocycles. The van der Waals surface area contributed by atoms with E-state index in [0.29, 0.717) is 16.3 Å². The van der Waals surface area contributed by atoms with E-state index in [2.05, 4.69) is 10.4 Å². The predicted molar refractivity (Wildman–Crippen MR) is 100 cm³/mol. The summed E-state index contributed by atoms with van der Waals surface area (Å²) >= 11 is 0. The molecule has 28 heavy (non-hydrogen) atoms. The highest BCUT2D eigenvalue weighted by Crippen LogP contribution is 2.20. The summed E-state index contributed by atoms with van der Waals surface area (Å²) in [5.74, 6) is -1.53. The maximum Gasteiger partial charge on any atom is 0.307 e. The summed E-state index contributed by atoms with van der Waals surface area (Å²) in [7, 11) is 2.70. The van der Waals surface area contributed by atoms with Gasteiger partial charge in [-0.25, -0.2) is 9.07 Å². The first-order valence-electron chi connectivity index (χ1n) is 8.50. The number of aryl methyl sites for hydroxylation is 1. The van der Waals surface area contributed by atoms with Crippen LogP contribution in [-0.4, -0.2) is 28.8 Å². The average molecular weight is 383 g/mol. The van der Waals surface area contributed by atoms with Crippen molar-refractivity contribution in [3.05, 3.63) is 76.0 Å². The molecule has 0 saturated heterocycles. The predicted octanol–water partition coefficient (Wildman–Crippen LogP) is 2.11. The van der Waals surface area contributed by atoms with Gasteiger partial charge in [0.25, 0.3) is 11.5 Å². The molecule has 0 unspecified atom stereocenters. The fourth-order valence-corrected chi connectivity index (χ4v) is 2.89. The summed E-state index contributed by atoms with van der Waals surface area (Å²) < 4.78 is 19.0. The molecule has 0 radical (unpaired) electrons. The number of nitrogens with one attached hydrogen (secondary N) is 1. The van der Waals surface area contributed by atoms with E-state index < -0.39 is 23.7 Å². The third kappa shape index (κ3) is 3.90. The van der Waals surface area contributed by atoms with E-state index >= 15 is 0 Å². The molecular weight excluding hydrogens is 365 g/mol. The van der Waals surface area contributed by atoms with Crippen molar-refractivity contribution < 1.29 is 18.7 Å². The van der Waals surface area contributed by atoms with Gasteiger partial charge in [-0.3, -0.25) is 14.4 Å². The molecule has 3 aromatic rings. The van der Waals surface area contributed by atoms with Crippen LogP contribution in [0.15, 0.2) is 53.3 Å². The van der Waals surface area contributed by atoms with Gasteiger partial charge >= 0.3 is 5.97 Å². The number of nitrogens with zero attached hydrogens (tertiary/aromatic N) is 2. The maximum absolute atomic E-state index is 13.2. The topological polar surface area (TPSA) is 90.3 Å². The Labute approximate surface area is 159 Å². The number of fused-ring (bicyclic) bond motifs is 1. The molecule has 7 nitrogen and oxygen atoms in total. The van der Waals surface area contributed by atoms with E-state index in [1.54, 1.807) is 24.3 Å². The lowest BCUT2D eigenvalue weighted by Crippen LogP contribution is -2.33. The highest BCUT2D eigenvalue weighted by Gasteiger charge is 2.22. The number of amides is 1. The summed E-state index contributed by atoms with van der Waals surface area (Å²) in [5.41, 5.74) is 0.265. The molecule has 8 heteroatoms. The number of benzene rings is 2. The Morgan fingerprint density at radius 3 is 2.43 bits per heavy atom. The number of methoxy groups -OCH3 is 1. The SMILES string of the molecule is COC(=O)C[C@@H](NC(=O)c1nn(C)c(=O)c2ccccc12)c1ccc(F)cc1. The first kappa shape index (κ1) is 19.2. The second kappa shape index (κ2) is 7.99. The second-order valence-corrected chi connectivity index (χ2v) is 6.18. The van der Waals surface area contributed by atoms with Crippen LogP contribution in [0.25, 0.3) is 10.8 Å². The standard InChI is InChI=1S/C20H18FN3O4/c1-24-20(27)15-6-4-3-5-14(15)18(23-24)19(26)22-16(11-17(25)28-2)12-7-9-13(21)10-8-12/h3-10,16H,11H2,1-2H3,(H,22,26)/t16-/m1/s1. The van der Waals surface area contributed by atoms with E-state index in [9.17, 15) is 18.8 Å². The van der Waals surface area contributed by atoms with Crippen molar-refractivity contribution in [2.24, 2.45) is 7.05 Å². The Bertz CT molecular complexity index is 1090. The normalized spacial score (nSPS) is 11.8. The molecule has 0 spiro atoms. The van der Waals surface area contributed by atoms with E-state index in [4.69, 9.17) is 4.74 Å². The van der Waals surface area contributed by atoms with Crippen LogP contribution in [0.2, 0.25) is 0 Å². The van der Waals surface area contributed by atoms with Crippen molar-refractivity contribution in [3.63, 3.8) is 0 Å². The zero-order chi connectivity index (χ0) is 20.3. The largest absolute Gasteiger partial charge is 0.469 e.